The quantitative estimate of drug-likeness (QED) is 0.801. The highest BCUT2D eigenvalue weighted by molar-refractivity contribution is 7.13. The summed E-state index contributed by atoms with van der Waals surface area (Å²) in [5.41, 5.74) is 1.18. The zero-order chi connectivity index (χ0) is 13.9. The van der Waals surface area contributed by atoms with Gasteiger partial charge in [0.25, 0.3) is 5.91 Å². The smallest absolute Gasteiger partial charge is 0.276 e. The first kappa shape index (κ1) is 12.8. The zero-order valence-electron chi connectivity index (χ0n) is 10.0. The van der Waals surface area contributed by atoms with Gasteiger partial charge in [0.05, 0.1) is 11.3 Å². The van der Waals surface area contributed by atoms with Crippen LogP contribution >= 0.6 is 22.9 Å². The average Bonchev–Trinajstić information content (AvgIpc) is 3.11. The maximum atomic E-state index is 12.0. The van der Waals surface area contributed by atoms with Crippen molar-refractivity contribution in [3.8, 4) is 10.6 Å². The van der Waals surface area contributed by atoms with Crippen molar-refractivity contribution in [1.82, 2.24) is 9.97 Å². The molecule has 3 aromatic heterocycles. The summed E-state index contributed by atoms with van der Waals surface area (Å²) in [4.78, 5) is 20.3. The summed E-state index contributed by atoms with van der Waals surface area (Å²) in [7, 11) is 0. The molecule has 1 N–H and O–H groups in total. The van der Waals surface area contributed by atoms with Crippen molar-refractivity contribution < 1.29 is 9.21 Å². The highest BCUT2D eigenvalue weighted by atomic mass is 35.5. The number of furan rings is 1. The Morgan fingerprint density at radius 1 is 1.35 bits per heavy atom. The molecule has 3 aromatic rings. The van der Waals surface area contributed by atoms with Gasteiger partial charge in [-0.3, -0.25) is 4.79 Å². The van der Waals surface area contributed by atoms with Gasteiger partial charge in [-0.15, -0.1) is 11.3 Å². The predicted octanol–water partition coefficient (Wildman–Crippen LogP) is 3.70. The van der Waals surface area contributed by atoms with E-state index in [2.05, 4.69) is 15.3 Å². The molecule has 7 heteroatoms. The molecule has 0 fully saturated rings. The number of aromatic nitrogens is 2. The normalized spacial score (nSPS) is 10.4. The fraction of sp³-hybridized carbons (Fsp3) is 0. The van der Waals surface area contributed by atoms with Gasteiger partial charge in [-0.1, -0.05) is 11.6 Å². The molecule has 0 radical (unpaired) electrons. The Labute approximate surface area is 123 Å². The minimum Gasteiger partial charge on any atom is -0.472 e. The number of hydrogen-bond donors (Lipinski definition) is 1. The van der Waals surface area contributed by atoms with E-state index in [-0.39, 0.29) is 5.91 Å². The molecule has 0 atom stereocenters. The van der Waals surface area contributed by atoms with Gasteiger partial charge in [-0.2, -0.15) is 0 Å². The zero-order valence-corrected chi connectivity index (χ0v) is 11.6. The maximum absolute atomic E-state index is 12.0. The van der Waals surface area contributed by atoms with Gasteiger partial charge in [0.1, 0.15) is 22.8 Å². The second-order valence-corrected chi connectivity index (χ2v) is 5.16. The van der Waals surface area contributed by atoms with Gasteiger partial charge in [0, 0.05) is 17.1 Å². The van der Waals surface area contributed by atoms with Crippen LogP contribution in [0.2, 0.25) is 5.02 Å². The number of carbonyl (C=O) groups is 1. The number of amides is 1. The molecule has 20 heavy (non-hydrogen) atoms. The predicted molar refractivity (Wildman–Crippen MR) is 77.0 cm³/mol. The fourth-order valence-electron chi connectivity index (χ4n) is 1.53. The number of anilines is 1. The van der Waals surface area contributed by atoms with Gasteiger partial charge in [0.2, 0.25) is 0 Å². The number of nitrogens with one attached hydrogen (secondary N) is 1. The van der Waals surface area contributed by atoms with Crippen molar-refractivity contribution in [3.63, 3.8) is 0 Å². The number of rotatable bonds is 3. The second kappa shape index (κ2) is 5.44. The molecule has 0 unspecified atom stereocenters. The molecular weight excluding hydrogens is 298 g/mol. The van der Waals surface area contributed by atoms with E-state index in [1.54, 1.807) is 36.1 Å². The summed E-state index contributed by atoms with van der Waals surface area (Å²) >= 11 is 7.11. The van der Waals surface area contributed by atoms with Crippen LogP contribution in [0.3, 0.4) is 0 Å². The lowest BCUT2D eigenvalue weighted by Gasteiger charge is -2.01. The third-order valence-corrected chi connectivity index (χ3v) is 3.59. The van der Waals surface area contributed by atoms with E-state index in [9.17, 15) is 4.79 Å². The minimum atomic E-state index is -0.314. The van der Waals surface area contributed by atoms with Crippen molar-refractivity contribution >= 4 is 34.7 Å². The Morgan fingerprint density at radius 2 is 2.25 bits per heavy atom. The fourth-order valence-corrected chi connectivity index (χ4v) is 2.42. The second-order valence-electron chi connectivity index (χ2n) is 3.87. The summed E-state index contributed by atoms with van der Waals surface area (Å²) < 4.78 is 4.99. The Balaban J connectivity index is 1.76. The monoisotopic (exact) mass is 305 g/mol. The van der Waals surface area contributed by atoms with E-state index in [4.69, 9.17) is 16.0 Å². The largest absolute Gasteiger partial charge is 0.472 e. The molecule has 0 bridgehead atoms. The lowest BCUT2D eigenvalue weighted by molar-refractivity contribution is 0.102. The van der Waals surface area contributed by atoms with Crippen LogP contribution in [0, 0.1) is 0 Å². The molecule has 0 spiro atoms. The Hall–Kier alpha value is -2.18. The summed E-state index contributed by atoms with van der Waals surface area (Å²) in [5, 5.41) is 5.59. The van der Waals surface area contributed by atoms with Crippen LogP contribution in [0.25, 0.3) is 10.6 Å². The third-order valence-electron chi connectivity index (χ3n) is 2.47. The lowest BCUT2D eigenvalue weighted by Crippen LogP contribution is -2.13. The summed E-state index contributed by atoms with van der Waals surface area (Å²) in [5.74, 6) is 0.114. The van der Waals surface area contributed by atoms with Gasteiger partial charge in [-0.25, -0.2) is 9.97 Å². The molecular formula is C13H8ClN3O2S. The first-order valence-electron chi connectivity index (χ1n) is 5.63. The van der Waals surface area contributed by atoms with E-state index in [1.807, 2.05) is 0 Å². The summed E-state index contributed by atoms with van der Waals surface area (Å²) in [6.45, 7) is 0. The maximum Gasteiger partial charge on any atom is 0.276 e. The lowest BCUT2D eigenvalue weighted by atomic mass is 10.3. The highest BCUT2D eigenvalue weighted by Gasteiger charge is 2.13. The van der Waals surface area contributed by atoms with E-state index in [0.717, 1.165) is 10.6 Å². The molecule has 0 aliphatic heterocycles. The third kappa shape index (κ3) is 2.71. The number of halogens is 1. The molecule has 0 aromatic carbocycles. The summed E-state index contributed by atoms with van der Waals surface area (Å²) in [6, 6.07) is 5.08. The molecule has 0 saturated carbocycles. The summed E-state index contributed by atoms with van der Waals surface area (Å²) in [6.07, 6.45) is 4.62. The Morgan fingerprint density at radius 3 is 2.95 bits per heavy atom. The molecule has 0 aliphatic carbocycles. The number of thiazole rings is 1. The van der Waals surface area contributed by atoms with Gasteiger partial charge < -0.3 is 9.73 Å². The van der Waals surface area contributed by atoms with Crippen LogP contribution in [0.4, 0.5) is 5.82 Å². The van der Waals surface area contributed by atoms with Crippen LogP contribution < -0.4 is 5.32 Å². The van der Waals surface area contributed by atoms with E-state index in [0.29, 0.717) is 16.5 Å². The van der Waals surface area contributed by atoms with E-state index in [1.165, 1.54) is 17.5 Å². The molecule has 100 valence electrons. The van der Waals surface area contributed by atoms with E-state index >= 15 is 0 Å². The number of hydrogen-bond acceptors (Lipinski definition) is 5. The Bertz CT molecular complexity index is 722. The van der Waals surface area contributed by atoms with Crippen LogP contribution in [0.15, 0.2) is 46.7 Å². The topological polar surface area (TPSA) is 68.0 Å². The average molecular weight is 306 g/mol. The van der Waals surface area contributed by atoms with Crippen LogP contribution in [-0.4, -0.2) is 15.9 Å². The SMILES string of the molecule is O=C(Nc1ccc(Cl)cn1)c1csc(-c2ccoc2)n1. The number of nitrogens with zero attached hydrogens (tertiary/aromatic N) is 2. The van der Waals surface area contributed by atoms with Crippen molar-refractivity contribution in [2.45, 2.75) is 0 Å². The van der Waals surface area contributed by atoms with Gasteiger partial charge in [0.15, 0.2) is 0 Å². The minimum absolute atomic E-state index is 0.314. The Kier molecular flexibility index (Phi) is 3.49. The van der Waals surface area contributed by atoms with Crippen LogP contribution in [0.1, 0.15) is 10.5 Å². The number of pyridine rings is 1. The molecule has 5 nitrogen and oxygen atoms in total. The van der Waals surface area contributed by atoms with Gasteiger partial charge >= 0.3 is 0 Å². The van der Waals surface area contributed by atoms with Crippen molar-refractivity contribution in [2.75, 3.05) is 5.32 Å². The molecule has 3 heterocycles. The molecule has 1 amide bonds. The van der Waals surface area contributed by atoms with Crippen LogP contribution in [-0.2, 0) is 0 Å². The molecule has 0 saturated heterocycles. The van der Waals surface area contributed by atoms with Crippen molar-refractivity contribution in [2.24, 2.45) is 0 Å². The van der Waals surface area contributed by atoms with E-state index < -0.39 is 0 Å². The van der Waals surface area contributed by atoms with Gasteiger partial charge in [-0.05, 0) is 18.2 Å². The standard InChI is InChI=1S/C13H8ClN3O2S/c14-9-1-2-11(15-5-9)17-12(18)10-7-20-13(16-10)8-3-4-19-6-8/h1-7H,(H,15,17,18). The van der Waals surface area contributed by atoms with Crippen molar-refractivity contribution in [1.29, 1.82) is 0 Å². The number of carbonyl (C=O) groups excluding carboxylic acids is 1. The molecule has 0 aliphatic rings. The van der Waals surface area contributed by atoms with Crippen molar-refractivity contribution in [3.05, 3.63) is 53.0 Å². The first-order chi connectivity index (χ1) is 9.72. The molecule has 3 rings (SSSR count). The first-order valence-corrected chi connectivity index (χ1v) is 6.89. The van der Waals surface area contributed by atoms with Crippen LogP contribution in [0.5, 0.6) is 0 Å². The highest BCUT2D eigenvalue weighted by Crippen LogP contribution is 2.24.